The van der Waals surface area contributed by atoms with Crippen molar-refractivity contribution < 1.29 is 13.5 Å². The molecule has 1 aromatic rings. The molecular formula is C8H10ClF2N3O. The molecule has 1 atom stereocenters. The molecule has 1 unspecified atom stereocenters. The highest BCUT2D eigenvalue weighted by atomic mass is 35.5. The first-order chi connectivity index (χ1) is 6.99. The van der Waals surface area contributed by atoms with Crippen LogP contribution in [-0.4, -0.2) is 28.4 Å². The fourth-order valence-electron chi connectivity index (χ4n) is 1.18. The van der Waals surface area contributed by atoms with Crippen LogP contribution in [0.3, 0.4) is 0 Å². The molecule has 1 fully saturated rings. The molecule has 84 valence electrons. The Hall–Kier alpha value is -0.880. The molecule has 0 saturated heterocycles. The van der Waals surface area contributed by atoms with Gasteiger partial charge in [0, 0.05) is 12.6 Å². The number of nitrogens with zero attached hydrogens (tertiary/aromatic N) is 2. The number of halogens is 3. The highest BCUT2D eigenvalue weighted by molar-refractivity contribution is 6.32. The number of anilines is 1. The van der Waals surface area contributed by atoms with Gasteiger partial charge in [-0.25, -0.2) is 8.78 Å². The van der Waals surface area contributed by atoms with E-state index in [0.717, 1.165) is 0 Å². The van der Waals surface area contributed by atoms with Crippen LogP contribution >= 0.6 is 11.6 Å². The van der Waals surface area contributed by atoms with Crippen LogP contribution in [0, 0.1) is 0 Å². The summed E-state index contributed by atoms with van der Waals surface area (Å²) in [7, 11) is 0. The van der Waals surface area contributed by atoms with E-state index in [1.54, 1.807) is 0 Å². The van der Waals surface area contributed by atoms with E-state index in [1.165, 1.54) is 10.9 Å². The van der Waals surface area contributed by atoms with Crippen LogP contribution in [0.4, 0.5) is 14.6 Å². The van der Waals surface area contributed by atoms with E-state index in [2.05, 4.69) is 5.10 Å². The predicted octanol–water partition coefficient (Wildman–Crippen LogP) is 1.54. The Morgan fingerprint density at radius 1 is 1.73 bits per heavy atom. The first-order valence-electron chi connectivity index (χ1n) is 4.47. The Bertz CT molecular complexity index is 349. The Morgan fingerprint density at radius 2 is 2.40 bits per heavy atom. The molecule has 15 heavy (non-hydrogen) atoms. The average Bonchev–Trinajstić information content (AvgIpc) is 2.59. The van der Waals surface area contributed by atoms with Crippen molar-refractivity contribution in [2.75, 3.05) is 12.3 Å². The van der Waals surface area contributed by atoms with Gasteiger partial charge in [0.2, 0.25) is 0 Å². The first kappa shape index (κ1) is 10.6. The Balaban J connectivity index is 1.75. The predicted molar refractivity (Wildman–Crippen MR) is 51.0 cm³/mol. The number of hydrogen-bond donors (Lipinski definition) is 1. The van der Waals surface area contributed by atoms with Crippen molar-refractivity contribution in [2.45, 2.75) is 25.0 Å². The maximum absolute atomic E-state index is 12.4. The van der Waals surface area contributed by atoms with Crippen molar-refractivity contribution in [3.05, 3.63) is 11.2 Å². The minimum absolute atomic E-state index is 0.178. The number of nitrogens with two attached hydrogens (primary N) is 1. The molecule has 0 bridgehead atoms. The number of hydrogen-bond acceptors (Lipinski definition) is 3. The van der Waals surface area contributed by atoms with Crippen LogP contribution in [-0.2, 0) is 11.3 Å². The topological polar surface area (TPSA) is 53.1 Å². The van der Waals surface area contributed by atoms with Gasteiger partial charge >= 0.3 is 0 Å². The third-order valence-electron chi connectivity index (χ3n) is 2.15. The molecular weight excluding hydrogens is 228 g/mol. The highest BCUT2D eigenvalue weighted by Crippen LogP contribution is 2.44. The third kappa shape index (κ3) is 2.38. The quantitative estimate of drug-likeness (QED) is 0.864. The Morgan fingerprint density at radius 3 is 2.87 bits per heavy atom. The summed E-state index contributed by atoms with van der Waals surface area (Å²) < 4.78 is 31.2. The van der Waals surface area contributed by atoms with Crippen molar-refractivity contribution in [3.63, 3.8) is 0 Å². The number of ether oxygens (including phenoxy) is 1. The number of aromatic nitrogens is 2. The standard InChI is InChI=1S/C8H10ClF2N3O/c9-5-4-14(13-7(5)12)1-2-15-6-3-8(6,10)11/h4,6H,1-3H2,(H2,12,13). The van der Waals surface area contributed by atoms with Crippen molar-refractivity contribution in [1.82, 2.24) is 9.78 Å². The van der Waals surface area contributed by atoms with Gasteiger partial charge in [0.05, 0.1) is 13.2 Å². The summed E-state index contributed by atoms with van der Waals surface area (Å²) in [5, 5.41) is 4.21. The molecule has 1 aliphatic rings. The lowest BCUT2D eigenvalue weighted by Gasteiger charge is -2.02. The van der Waals surface area contributed by atoms with Gasteiger partial charge in [0.15, 0.2) is 5.82 Å². The van der Waals surface area contributed by atoms with Gasteiger partial charge in [-0.15, -0.1) is 0 Å². The van der Waals surface area contributed by atoms with Crippen molar-refractivity contribution in [3.8, 4) is 0 Å². The Labute approximate surface area is 89.9 Å². The number of nitrogen functional groups attached to an aromatic ring is 1. The minimum Gasteiger partial charge on any atom is -0.381 e. The zero-order valence-corrected chi connectivity index (χ0v) is 8.55. The normalized spacial score (nSPS) is 23.0. The smallest absolute Gasteiger partial charge is 0.276 e. The third-order valence-corrected chi connectivity index (χ3v) is 2.44. The van der Waals surface area contributed by atoms with Crippen molar-refractivity contribution in [1.29, 1.82) is 0 Å². The minimum atomic E-state index is -2.64. The molecule has 0 spiro atoms. The Kier molecular flexibility index (Phi) is 2.56. The summed E-state index contributed by atoms with van der Waals surface area (Å²) in [6.07, 6.45) is 0.418. The van der Waals surface area contributed by atoms with Gasteiger partial charge in [-0.1, -0.05) is 11.6 Å². The summed E-state index contributed by atoms with van der Waals surface area (Å²) >= 11 is 5.66. The van der Waals surface area contributed by atoms with Crippen LogP contribution in [0.2, 0.25) is 5.02 Å². The molecule has 0 radical (unpaired) electrons. The van der Waals surface area contributed by atoms with Crippen LogP contribution in [0.5, 0.6) is 0 Å². The lowest BCUT2D eigenvalue weighted by atomic mass is 10.6. The van der Waals surface area contributed by atoms with Crippen LogP contribution in [0.15, 0.2) is 6.20 Å². The molecule has 1 saturated carbocycles. The van der Waals surface area contributed by atoms with Gasteiger partial charge in [-0.2, -0.15) is 5.10 Å². The zero-order chi connectivity index (χ0) is 11.1. The van der Waals surface area contributed by atoms with E-state index < -0.39 is 12.0 Å². The van der Waals surface area contributed by atoms with Gasteiger partial charge < -0.3 is 10.5 Å². The molecule has 0 aliphatic heterocycles. The van der Waals surface area contributed by atoms with E-state index in [4.69, 9.17) is 22.1 Å². The summed E-state index contributed by atoms with van der Waals surface area (Å²) in [4.78, 5) is 0. The lowest BCUT2D eigenvalue weighted by Crippen LogP contribution is -2.11. The second-order valence-electron chi connectivity index (χ2n) is 3.45. The van der Waals surface area contributed by atoms with E-state index in [9.17, 15) is 8.78 Å². The molecule has 1 aromatic heterocycles. The molecule has 0 amide bonds. The highest BCUT2D eigenvalue weighted by Gasteiger charge is 2.58. The van der Waals surface area contributed by atoms with Crippen LogP contribution in [0.1, 0.15) is 6.42 Å². The summed E-state index contributed by atoms with van der Waals surface area (Å²) in [6.45, 7) is 0.543. The largest absolute Gasteiger partial charge is 0.381 e. The van der Waals surface area contributed by atoms with Gasteiger partial charge in [-0.05, 0) is 0 Å². The molecule has 1 aliphatic carbocycles. The first-order valence-corrected chi connectivity index (χ1v) is 4.85. The van der Waals surface area contributed by atoms with E-state index in [0.29, 0.717) is 11.6 Å². The molecule has 2 rings (SSSR count). The molecule has 2 N–H and O–H groups in total. The maximum Gasteiger partial charge on any atom is 0.276 e. The van der Waals surface area contributed by atoms with E-state index >= 15 is 0 Å². The summed E-state index contributed by atoms with van der Waals surface area (Å²) in [6, 6.07) is 0. The fourth-order valence-corrected chi connectivity index (χ4v) is 1.33. The zero-order valence-electron chi connectivity index (χ0n) is 7.79. The second kappa shape index (κ2) is 3.61. The molecule has 4 nitrogen and oxygen atoms in total. The molecule has 0 aromatic carbocycles. The van der Waals surface area contributed by atoms with Gasteiger partial charge in [0.1, 0.15) is 11.1 Å². The molecule has 7 heteroatoms. The maximum atomic E-state index is 12.4. The van der Waals surface area contributed by atoms with Gasteiger partial charge in [-0.3, -0.25) is 4.68 Å². The fraction of sp³-hybridized carbons (Fsp3) is 0.625. The summed E-state index contributed by atoms with van der Waals surface area (Å²) in [5.41, 5.74) is 5.40. The average molecular weight is 238 g/mol. The second-order valence-corrected chi connectivity index (χ2v) is 3.86. The lowest BCUT2D eigenvalue weighted by molar-refractivity contribution is 0.0100. The number of rotatable bonds is 4. The number of alkyl halides is 2. The van der Waals surface area contributed by atoms with Crippen molar-refractivity contribution >= 4 is 17.4 Å². The van der Waals surface area contributed by atoms with E-state index in [-0.39, 0.29) is 18.8 Å². The van der Waals surface area contributed by atoms with E-state index in [1.807, 2.05) is 0 Å². The monoisotopic (exact) mass is 237 g/mol. The SMILES string of the molecule is Nc1nn(CCOC2CC2(F)F)cc1Cl. The summed E-state index contributed by atoms with van der Waals surface area (Å²) in [5.74, 6) is -2.41. The van der Waals surface area contributed by atoms with Crippen LogP contribution < -0.4 is 5.73 Å². The molecule has 1 heterocycles. The van der Waals surface area contributed by atoms with Gasteiger partial charge in [0.25, 0.3) is 5.92 Å². The van der Waals surface area contributed by atoms with Crippen molar-refractivity contribution in [2.24, 2.45) is 0 Å². The van der Waals surface area contributed by atoms with Crippen LogP contribution in [0.25, 0.3) is 0 Å².